The van der Waals surface area contributed by atoms with Gasteiger partial charge in [0.05, 0.1) is 0 Å². The molecule has 0 amide bonds. The van der Waals surface area contributed by atoms with Crippen LogP contribution in [0, 0.1) is 0 Å². The van der Waals surface area contributed by atoms with Crippen LogP contribution in [-0.2, 0) is 21.2 Å². The zero-order valence-electron chi connectivity index (χ0n) is 3.83. The Morgan fingerprint density at radius 1 is 1.11 bits per heavy atom. The van der Waals surface area contributed by atoms with Gasteiger partial charge in [0, 0.05) is 0 Å². The van der Waals surface area contributed by atoms with Crippen LogP contribution in [0.5, 0.6) is 0 Å². The summed E-state index contributed by atoms with van der Waals surface area (Å²) in [6.07, 6.45) is 0. The Balaban J connectivity index is 0. The van der Waals surface area contributed by atoms with Crippen LogP contribution in [-0.4, -0.2) is 12.6 Å². The van der Waals surface area contributed by atoms with E-state index in [0.717, 1.165) is 0 Å². The fourth-order valence-electron chi connectivity index (χ4n) is 0. The molecule has 8 heteroatoms. The maximum absolute atomic E-state index is 8.82. The minimum absolute atomic E-state index is 0.750. The Kier molecular flexibility index (Phi) is 7.95. The van der Waals surface area contributed by atoms with Crippen LogP contribution in [0.4, 0.5) is 0 Å². The van der Waals surface area contributed by atoms with Crippen LogP contribution in [0.2, 0.25) is 0 Å². The molecule has 0 rings (SSSR count). The molecular weight excluding hydrogens is 234 g/mol. The van der Waals surface area contributed by atoms with Crippen LogP contribution >= 0.6 is 34.8 Å². The van der Waals surface area contributed by atoms with Crippen molar-refractivity contribution in [3.63, 3.8) is 0 Å². The van der Waals surface area contributed by atoms with Crippen molar-refractivity contribution in [3.05, 3.63) is 0 Å². The monoisotopic (exact) mass is 236 g/mol. The molecule has 0 aromatic heterocycles. The van der Waals surface area contributed by atoms with Crippen LogP contribution in [0.1, 0.15) is 0 Å². The van der Waals surface area contributed by atoms with E-state index in [2.05, 4.69) is 0 Å². The molecule has 0 unspecified atom stereocenters. The fraction of sp³-hybridized carbons (Fsp3) is 1.00. The SMILES string of the molecule is ClC(Cl)Cl.[O]=[Cr](=[O])([OH])[OH]. The van der Waals surface area contributed by atoms with Gasteiger partial charge in [-0.1, -0.05) is 34.8 Å². The quantitative estimate of drug-likeness (QED) is 0.606. The van der Waals surface area contributed by atoms with Crippen LogP contribution in [0.3, 0.4) is 0 Å². The van der Waals surface area contributed by atoms with Gasteiger partial charge in [-0.2, -0.15) is 0 Å². The Bertz CT molecular complexity index is 127. The third-order valence-corrected chi connectivity index (χ3v) is 0. The van der Waals surface area contributed by atoms with Crippen molar-refractivity contribution in [2.45, 2.75) is 4.30 Å². The molecule has 4 nitrogen and oxygen atoms in total. The van der Waals surface area contributed by atoms with Gasteiger partial charge in [-0.25, -0.2) is 0 Å². The molecule has 0 aliphatic carbocycles. The molecule has 0 radical (unpaired) electrons. The van der Waals surface area contributed by atoms with Crippen LogP contribution in [0.15, 0.2) is 0 Å². The molecule has 0 fully saturated rings. The topological polar surface area (TPSA) is 74.6 Å². The summed E-state index contributed by atoms with van der Waals surface area (Å²) in [7, 11) is 0. The summed E-state index contributed by atoms with van der Waals surface area (Å²) in [5.74, 6) is 0. The second-order valence-electron chi connectivity index (χ2n) is 0.695. The summed E-state index contributed by atoms with van der Waals surface area (Å²) >= 11 is 9.17. The van der Waals surface area contributed by atoms with E-state index < -0.39 is 17.9 Å². The van der Waals surface area contributed by atoms with E-state index in [1.807, 2.05) is 0 Å². The summed E-state index contributed by atoms with van der Waals surface area (Å²) in [6, 6.07) is 0. The summed E-state index contributed by atoms with van der Waals surface area (Å²) in [6.45, 7) is 0. The first-order valence-electron chi connectivity index (χ1n) is 1.35. The van der Waals surface area contributed by atoms with Crippen molar-refractivity contribution in [3.8, 4) is 0 Å². The second-order valence-corrected chi connectivity index (χ2v) is 4.07. The molecule has 0 bridgehead atoms. The predicted octanol–water partition coefficient (Wildman–Crippen LogP) is 0.632. The molecular formula is CH3Cl3CrO4. The van der Waals surface area contributed by atoms with Gasteiger partial charge in [0.15, 0.2) is 4.30 Å². The van der Waals surface area contributed by atoms with Crippen molar-refractivity contribution < 1.29 is 29.5 Å². The van der Waals surface area contributed by atoms with E-state index in [1.165, 1.54) is 0 Å². The maximum atomic E-state index is 8.82. The van der Waals surface area contributed by atoms with Gasteiger partial charge in [0.25, 0.3) is 0 Å². The first-order chi connectivity index (χ1) is 3.73. The van der Waals surface area contributed by atoms with Gasteiger partial charge in [0.1, 0.15) is 0 Å². The molecule has 9 heavy (non-hydrogen) atoms. The Morgan fingerprint density at radius 2 is 1.11 bits per heavy atom. The summed E-state index contributed by atoms with van der Waals surface area (Å²) < 4.78 is 31.1. The van der Waals surface area contributed by atoms with E-state index in [9.17, 15) is 0 Å². The van der Waals surface area contributed by atoms with E-state index in [4.69, 9.17) is 50.7 Å². The van der Waals surface area contributed by atoms with E-state index >= 15 is 0 Å². The van der Waals surface area contributed by atoms with Crippen LogP contribution < -0.4 is 0 Å². The van der Waals surface area contributed by atoms with Gasteiger partial charge < -0.3 is 0 Å². The molecule has 0 spiro atoms. The van der Waals surface area contributed by atoms with E-state index in [1.54, 1.807) is 0 Å². The first-order valence-corrected chi connectivity index (χ1v) is 4.84. The third kappa shape index (κ3) is 502. The van der Waals surface area contributed by atoms with Gasteiger partial charge in [-0.05, 0) is 0 Å². The Morgan fingerprint density at radius 3 is 1.11 bits per heavy atom. The van der Waals surface area contributed by atoms with Crippen molar-refractivity contribution in [1.29, 1.82) is 0 Å². The van der Waals surface area contributed by atoms with Crippen molar-refractivity contribution in [2.75, 3.05) is 0 Å². The molecule has 0 aliphatic rings. The molecule has 0 saturated carbocycles. The summed E-state index contributed by atoms with van der Waals surface area (Å²) in [5, 5.41) is 0. The number of rotatable bonds is 0. The number of hydrogen-bond acceptors (Lipinski definition) is 2. The fourth-order valence-corrected chi connectivity index (χ4v) is 0. The summed E-state index contributed by atoms with van der Waals surface area (Å²) in [5.41, 5.74) is 0. The average molecular weight is 237 g/mol. The number of hydrogen-bond donors (Lipinski definition) is 2. The molecule has 0 aromatic carbocycles. The molecule has 0 aliphatic heterocycles. The van der Waals surface area contributed by atoms with E-state index in [-0.39, 0.29) is 0 Å². The molecule has 2 N–H and O–H groups in total. The van der Waals surface area contributed by atoms with Gasteiger partial charge in [0.2, 0.25) is 0 Å². The Hall–Kier alpha value is 0.922. The van der Waals surface area contributed by atoms with Crippen molar-refractivity contribution in [2.24, 2.45) is 0 Å². The van der Waals surface area contributed by atoms with Crippen molar-refractivity contribution in [1.82, 2.24) is 0 Å². The first kappa shape index (κ1) is 12.6. The van der Waals surface area contributed by atoms with E-state index in [0.29, 0.717) is 0 Å². The molecule has 0 heterocycles. The second kappa shape index (κ2) is 5.69. The van der Waals surface area contributed by atoms with Crippen LogP contribution in [0.25, 0.3) is 0 Å². The van der Waals surface area contributed by atoms with Gasteiger partial charge in [-0.3, -0.25) is 0 Å². The Labute approximate surface area is 68.7 Å². The normalized spacial score (nSPS) is 10.4. The molecule has 58 valence electrons. The third-order valence-electron chi connectivity index (χ3n) is 0. The zero-order chi connectivity index (χ0) is 8.08. The van der Waals surface area contributed by atoms with Gasteiger partial charge >= 0.3 is 29.5 Å². The average Bonchev–Trinajstić information content (AvgIpc) is 1.19. The minimum atomic E-state index is -5.25. The predicted molar refractivity (Wildman–Crippen MR) is 27.2 cm³/mol. The molecule has 0 aromatic rings. The number of halogens is 3. The number of alkyl halides is 3. The van der Waals surface area contributed by atoms with Crippen molar-refractivity contribution >= 4 is 34.8 Å². The molecule has 0 saturated heterocycles. The van der Waals surface area contributed by atoms with Gasteiger partial charge in [-0.15, -0.1) is 0 Å². The molecule has 0 atom stereocenters. The standard InChI is InChI=1S/CHCl3.Cr.2H2O.2O/c2-1(3)4;;;;;/h1H;;2*1H2;;/q;+2;;;;/p-2. The summed E-state index contributed by atoms with van der Waals surface area (Å²) in [4.78, 5) is 0. The zero-order valence-corrected chi connectivity index (χ0v) is 7.37.